The molecule has 4 heterocycles. The molecule has 180 valence electrons. The molecule has 1 saturated heterocycles. The van der Waals surface area contributed by atoms with Gasteiger partial charge in [0.2, 0.25) is 11.4 Å². The molecule has 1 fully saturated rings. The van der Waals surface area contributed by atoms with E-state index in [1.54, 1.807) is 18.3 Å². The van der Waals surface area contributed by atoms with Gasteiger partial charge in [-0.25, -0.2) is 4.98 Å². The maximum atomic E-state index is 12.7. The number of nitrogens with one attached hydrogen (secondary N) is 2. The van der Waals surface area contributed by atoms with Crippen LogP contribution in [0.3, 0.4) is 0 Å². The summed E-state index contributed by atoms with van der Waals surface area (Å²) in [5, 5.41) is 8.15. The van der Waals surface area contributed by atoms with Crippen LogP contribution < -0.4 is 21.0 Å². The zero-order valence-corrected chi connectivity index (χ0v) is 20.1. The van der Waals surface area contributed by atoms with Gasteiger partial charge in [0, 0.05) is 48.4 Å². The van der Waals surface area contributed by atoms with Gasteiger partial charge in [-0.3, -0.25) is 9.59 Å². The van der Waals surface area contributed by atoms with Crippen molar-refractivity contribution in [3.8, 4) is 11.1 Å². The van der Waals surface area contributed by atoms with Crippen molar-refractivity contribution < 1.29 is 13.9 Å². The third-order valence-corrected chi connectivity index (χ3v) is 6.70. The molecule has 35 heavy (non-hydrogen) atoms. The first-order valence-corrected chi connectivity index (χ1v) is 12.3. The highest BCUT2D eigenvalue weighted by atomic mass is 32.1. The number of carbonyl (C=O) groups is 1. The van der Waals surface area contributed by atoms with Gasteiger partial charge in [-0.15, -0.1) is 11.3 Å². The fourth-order valence-electron chi connectivity index (χ4n) is 3.76. The van der Waals surface area contributed by atoms with E-state index in [9.17, 15) is 9.59 Å². The molecule has 1 aromatic carbocycles. The number of Topliss-reactive ketones (excluding diaryl/α,β-unsaturated/α-hetero) is 1. The molecule has 9 nitrogen and oxygen atoms in total. The van der Waals surface area contributed by atoms with E-state index in [2.05, 4.69) is 20.6 Å². The summed E-state index contributed by atoms with van der Waals surface area (Å²) in [6.45, 7) is 4.69. The zero-order valence-electron chi connectivity index (χ0n) is 19.2. The molecule has 2 N–H and O–H groups in total. The second kappa shape index (κ2) is 10.2. The van der Waals surface area contributed by atoms with Gasteiger partial charge in [0.1, 0.15) is 10.5 Å². The van der Waals surface area contributed by atoms with E-state index in [0.717, 1.165) is 16.8 Å². The molecule has 3 aromatic heterocycles. The highest BCUT2D eigenvalue weighted by molar-refractivity contribution is 7.17. The van der Waals surface area contributed by atoms with Gasteiger partial charge in [-0.2, -0.15) is 4.98 Å². The van der Waals surface area contributed by atoms with Crippen LogP contribution in [-0.4, -0.2) is 48.6 Å². The van der Waals surface area contributed by atoms with Crippen molar-refractivity contribution in [1.29, 1.82) is 0 Å². The van der Waals surface area contributed by atoms with E-state index in [1.807, 2.05) is 41.5 Å². The lowest BCUT2D eigenvalue weighted by Gasteiger charge is -2.27. The Hall–Kier alpha value is -3.76. The van der Waals surface area contributed by atoms with Crippen molar-refractivity contribution in [3.05, 3.63) is 58.2 Å². The van der Waals surface area contributed by atoms with Crippen LogP contribution >= 0.6 is 11.3 Å². The Bertz CT molecular complexity index is 1390. The number of benzene rings is 1. The first kappa shape index (κ1) is 23.0. The Balaban J connectivity index is 1.35. The van der Waals surface area contributed by atoms with Crippen molar-refractivity contribution in [2.75, 3.05) is 48.4 Å². The molecule has 1 aliphatic heterocycles. The molecular weight excluding hydrogens is 466 g/mol. The van der Waals surface area contributed by atoms with Crippen molar-refractivity contribution in [3.63, 3.8) is 0 Å². The van der Waals surface area contributed by atoms with Crippen molar-refractivity contribution in [1.82, 2.24) is 9.97 Å². The fraction of sp³-hybridized carbons (Fsp3) is 0.280. The quantitative estimate of drug-likeness (QED) is 0.373. The number of fused-ring (bicyclic) bond motifs is 1. The van der Waals surface area contributed by atoms with Crippen LogP contribution in [-0.2, 0) is 9.53 Å². The van der Waals surface area contributed by atoms with E-state index < -0.39 is 0 Å². The highest BCUT2D eigenvalue weighted by Gasteiger charge is 2.18. The molecule has 4 aromatic rings. The number of ether oxygens (including phenoxy) is 1. The van der Waals surface area contributed by atoms with Gasteiger partial charge < -0.3 is 24.7 Å². The lowest BCUT2D eigenvalue weighted by atomic mass is 10.1. The predicted octanol–water partition coefficient (Wildman–Crippen LogP) is 4.28. The number of nitrogens with zero attached hydrogens (tertiary/aromatic N) is 3. The third-order valence-electron chi connectivity index (χ3n) is 5.72. The Morgan fingerprint density at radius 2 is 1.97 bits per heavy atom. The second-order valence-electron chi connectivity index (χ2n) is 8.07. The van der Waals surface area contributed by atoms with Crippen LogP contribution in [0.1, 0.15) is 13.3 Å². The van der Waals surface area contributed by atoms with Crippen LogP contribution in [0.4, 0.5) is 23.3 Å². The van der Waals surface area contributed by atoms with Crippen LogP contribution in [0.5, 0.6) is 0 Å². The van der Waals surface area contributed by atoms with Gasteiger partial charge in [-0.1, -0.05) is 19.1 Å². The Morgan fingerprint density at radius 3 is 2.74 bits per heavy atom. The summed E-state index contributed by atoms with van der Waals surface area (Å²) in [7, 11) is 0. The Kier molecular flexibility index (Phi) is 6.73. The number of carbonyl (C=O) groups excluding carboxylic acids is 1. The van der Waals surface area contributed by atoms with Crippen molar-refractivity contribution >= 4 is 50.7 Å². The van der Waals surface area contributed by atoms with Crippen LogP contribution in [0.25, 0.3) is 21.4 Å². The maximum absolute atomic E-state index is 12.7. The molecule has 0 saturated carbocycles. The van der Waals surface area contributed by atoms with E-state index in [4.69, 9.17) is 9.15 Å². The molecule has 0 bridgehead atoms. The molecule has 0 spiro atoms. The van der Waals surface area contributed by atoms with Crippen LogP contribution in [0.15, 0.2) is 57.2 Å². The number of thiophene rings is 1. The number of aromatic nitrogens is 2. The monoisotopic (exact) mass is 491 g/mol. The van der Waals surface area contributed by atoms with Gasteiger partial charge >= 0.3 is 0 Å². The number of hydrogen-bond acceptors (Lipinski definition) is 10. The topological polar surface area (TPSA) is 110 Å². The smallest absolute Gasteiger partial charge is 0.229 e. The number of hydrogen-bond donors (Lipinski definition) is 2. The third kappa shape index (κ3) is 5.18. The minimum atomic E-state index is -0.0337. The Labute approximate surface area is 205 Å². The standard InChI is InChI=1S/C25H25N5O4S/c1-2-18(31)14-27-21-7-8-26-25(29-21)28-17-5-3-16(4-6-17)19-15-35-24-20(32)13-22(34-23(19)24)30-9-11-33-12-10-30/h3-8,13,15H,2,9-12,14H2,1H3,(H2,26,27,28,29). The molecule has 0 aliphatic carbocycles. The van der Waals surface area contributed by atoms with Crippen LogP contribution in [0.2, 0.25) is 0 Å². The molecular formula is C25H25N5O4S. The molecule has 0 radical (unpaired) electrons. The van der Waals surface area contributed by atoms with E-state index in [-0.39, 0.29) is 17.8 Å². The van der Waals surface area contributed by atoms with E-state index in [0.29, 0.717) is 60.7 Å². The van der Waals surface area contributed by atoms with Crippen molar-refractivity contribution in [2.45, 2.75) is 13.3 Å². The van der Waals surface area contributed by atoms with Gasteiger partial charge in [0.25, 0.3) is 0 Å². The average Bonchev–Trinajstić information content (AvgIpc) is 3.33. The highest BCUT2D eigenvalue weighted by Crippen LogP contribution is 2.35. The first-order chi connectivity index (χ1) is 17.1. The van der Waals surface area contributed by atoms with E-state index >= 15 is 0 Å². The first-order valence-electron chi connectivity index (χ1n) is 11.4. The maximum Gasteiger partial charge on any atom is 0.229 e. The van der Waals surface area contributed by atoms with Gasteiger partial charge in [0.05, 0.1) is 19.8 Å². The summed E-state index contributed by atoms with van der Waals surface area (Å²) in [6, 6.07) is 11.1. The molecule has 0 atom stereocenters. The number of ketones is 1. The SMILES string of the molecule is CCC(=O)CNc1ccnc(Nc2ccc(-c3csc4c(=O)cc(N5CCOCC5)oc34)cc2)n1. The van der Waals surface area contributed by atoms with Gasteiger partial charge in [-0.05, 0) is 23.8 Å². The summed E-state index contributed by atoms with van der Waals surface area (Å²) in [4.78, 5) is 35.0. The average molecular weight is 492 g/mol. The minimum Gasteiger partial charge on any atom is -0.439 e. The number of rotatable bonds is 8. The predicted molar refractivity (Wildman–Crippen MR) is 138 cm³/mol. The number of anilines is 4. The van der Waals surface area contributed by atoms with E-state index in [1.165, 1.54) is 11.3 Å². The normalized spacial score (nSPS) is 13.7. The van der Waals surface area contributed by atoms with Gasteiger partial charge in [0.15, 0.2) is 17.3 Å². The minimum absolute atomic E-state index is 0.0337. The summed E-state index contributed by atoms with van der Waals surface area (Å²) >= 11 is 1.39. The molecule has 0 unspecified atom stereocenters. The molecule has 0 amide bonds. The zero-order chi connectivity index (χ0) is 24.2. The summed E-state index contributed by atoms with van der Waals surface area (Å²) < 4.78 is 12.2. The van der Waals surface area contributed by atoms with Crippen molar-refractivity contribution in [2.24, 2.45) is 0 Å². The molecule has 10 heteroatoms. The fourth-order valence-corrected chi connectivity index (χ4v) is 4.68. The summed E-state index contributed by atoms with van der Waals surface area (Å²) in [5.41, 5.74) is 3.21. The van der Waals surface area contributed by atoms with Crippen LogP contribution in [0, 0.1) is 0 Å². The second-order valence-corrected chi connectivity index (χ2v) is 8.95. The number of morpholine rings is 1. The molecule has 5 rings (SSSR count). The largest absolute Gasteiger partial charge is 0.439 e. The Morgan fingerprint density at radius 1 is 1.17 bits per heavy atom. The lowest BCUT2D eigenvalue weighted by molar-refractivity contribution is -0.117. The lowest BCUT2D eigenvalue weighted by Crippen LogP contribution is -2.36. The summed E-state index contributed by atoms with van der Waals surface area (Å²) in [6.07, 6.45) is 2.11. The summed E-state index contributed by atoms with van der Waals surface area (Å²) in [5.74, 6) is 1.70. The molecule has 1 aliphatic rings.